The SMILES string of the molecule is CC(COCC1(CN)CCN(S(C)=S)CC1)N1CCC2(CCNC2)C1. The maximum absolute atomic E-state index is 6.21. The molecule has 3 atom stereocenters. The molecule has 0 aromatic rings. The topological polar surface area (TPSA) is 53.8 Å². The van der Waals surface area contributed by atoms with E-state index < -0.39 is 0 Å². The second-order valence-corrected chi connectivity index (χ2v) is 11.4. The number of nitrogens with two attached hydrogens (primary N) is 1. The molecular formula is C18H36N4OS2. The van der Waals surface area contributed by atoms with Crippen LogP contribution >= 0.6 is 0 Å². The van der Waals surface area contributed by atoms with E-state index in [1.54, 1.807) is 0 Å². The van der Waals surface area contributed by atoms with Gasteiger partial charge in [-0.2, -0.15) is 0 Å². The Morgan fingerprint density at radius 1 is 1.24 bits per heavy atom. The van der Waals surface area contributed by atoms with Crippen molar-refractivity contribution < 1.29 is 4.74 Å². The molecule has 3 unspecified atom stereocenters. The zero-order valence-corrected chi connectivity index (χ0v) is 17.6. The lowest BCUT2D eigenvalue weighted by Crippen LogP contribution is -2.47. The molecule has 0 aliphatic carbocycles. The van der Waals surface area contributed by atoms with E-state index >= 15 is 0 Å². The highest BCUT2D eigenvalue weighted by Crippen LogP contribution is 2.37. The molecule has 0 aromatic heterocycles. The molecular weight excluding hydrogens is 352 g/mol. The minimum absolute atomic E-state index is 0.0332. The Balaban J connectivity index is 1.41. The van der Waals surface area contributed by atoms with Crippen molar-refractivity contribution in [1.29, 1.82) is 0 Å². The average Bonchev–Trinajstić information content (AvgIpc) is 3.25. The Morgan fingerprint density at radius 2 is 2.00 bits per heavy atom. The van der Waals surface area contributed by atoms with Crippen LogP contribution in [0.5, 0.6) is 0 Å². The van der Waals surface area contributed by atoms with Crippen molar-refractivity contribution in [1.82, 2.24) is 14.5 Å². The number of hydrogen-bond acceptors (Lipinski definition) is 5. The first-order valence-electron chi connectivity index (χ1n) is 9.79. The zero-order valence-electron chi connectivity index (χ0n) is 16.0. The molecule has 0 aromatic carbocycles. The minimum Gasteiger partial charge on any atom is -0.379 e. The second kappa shape index (κ2) is 8.59. The van der Waals surface area contributed by atoms with Crippen LogP contribution < -0.4 is 11.1 Å². The summed E-state index contributed by atoms with van der Waals surface area (Å²) in [5.74, 6) is 0. The van der Waals surface area contributed by atoms with Crippen LogP contribution in [-0.4, -0.2) is 80.5 Å². The molecule has 3 saturated heterocycles. The molecule has 25 heavy (non-hydrogen) atoms. The number of nitrogens with zero attached hydrogens (tertiary/aromatic N) is 2. The van der Waals surface area contributed by atoms with E-state index in [2.05, 4.69) is 27.7 Å². The van der Waals surface area contributed by atoms with Gasteiger partial charge in [-0.1, -0.05) is 9.64 Å². The fourth-order valence-electron chi connectivity index (χ4n) is 4.67. The average molecular weight is 389 g/mol. The lowest BCUT2D eigenvalue weighted by Gasteiger charge is -2.41. The fourth-order valence-corrected chi connectivity index (χ4v) is 5.81. The monoisotopic (exact) mass is 388 g/mol. The first-order chi connectivity index (χ1) is 12.0. The van der Waals surface area contributed by atoms with E-state index in [-0.39, 0.29) is 15.1 Å². The van der Waals surface area contributed by atoms with E-state index in [0.717, 1.165) is 45.7 Å². The number of nitrogens with one attached hydrogen (secondary N) is 1. The van der Waals surface area contributed by atoms with Crippen LogP contribution in [0, 0.1) is 10.8 Å². The van der Waals surface area contributed by atoms with Crippen molar-refractivity contribution in [3.8, 4) is 0 Å². The van der Waals surface area contributed by atoms with E-state index in [1.807, 2.05) is 0 Å². The highest BCUT2D eigenvalue weighted by Gasteiger charge is 2.41. The van der Waals surface area contributed by atoms with Gasteiger partial charge in [0.25, 0.3) is 0 Å². The van der Waals surface area contributed by atoms with Gasteiger partial charge in [0, 0.05) is 50.4 Å². The molecule has 0 amide bonds. The zero-order chi connectivity index (χ0) is 17.9. The highest BCUT2D eigenvalue weighted by atomic mass is 32.8. The first-order valence-corrected chi connectivity index (χ1v) is 12.3. The lowest BCUT2D eigenvalue weighted by atomic mass is 9.80. The lowest BCUT2D eigenvalue weighted by molar-refractivity contribution is -0.00276. The van der Waals surface area contributed by atoms with E-state index in [4.69, 9.17) is 21.7 Å². The van der Waals surface area contributed by atoms with Gasteiger partial charge < -0.3 is 15.8 Å². The summed E-state index contributed by atoms with van der Waals surface area (Å²) in [5.41, 5.74) is 6.84. The van der Waals surface area contributed by atoms with Gasteiger partial charge in [-0.25, -0.2) is 4.31 Å². The molecule has 146 valence electrons. The largest absolute Gasteiger partial charge is 0.379 e. The summed E-state index contributed by atoms with van der Waals surface area (Å²) in [7, 11) is -0.0332. The van der Waals surface area contributed by atoms with Crippen LogP contribution in [0.4, 0.5) is 0 Å². The molecule has 3 aliphatic rings. The minimum atomic E-state index is -0.0332. The van der Waals surface area contributed by atoms with Crippen molar-refractivity contribution in [2.75, 3.05) is 65.3 Å². The van der Waals surface area contributed by atoms with Crippen LogP contribution in [0.15, 0.2) is 0 Å². The van der Waals surface area contributed by atoms with Crippen LogP contribution in [-0.2, 0) is 25.6 Å². The van der Waals surface area contributed by atoms with Gasteiger partial charge in [0.15, 0.2) is 0 Å². The fraction of sp³-hybridized carbons (Fsp3) is 1.00. The number of likely N-dealkylation sites (tertiary alicyclic amines) is 1. The standard InChI is InChI=1S/C18H36N4OS2/c1-16(21-8-4-18(14-21)3-7-20-13-18)11-23-15-17(12-19)5-9-22(10-6-17)25(2)24/h16,20H,3-15,19H2,1-2H3. The molecule has 3 rings (SSSR count). The summed E-state index contributed by atoms with van der Waals surface area (Å²) in [6.45, 7) is 11.7. The molecule has 1 spiro atoms. The van der Waals surface area contributed by atoms with Crippen molar-refractivity contribution in [2.24, 2.45) is 16.6 Å². The van der Waals surface area contributed by atoms with E-state index in [0.29, 0.717) is 11.5 Å². The molecule has 0 saturated carbocycles. The predicted molar refractivity (Wildman–Crippen MR) is 109 cm³/mol. The third kappa shape index (κ3) is 4.81. The van der Waals surface area contributed by atoms with Gasteiger partial charge in [-0.15, -0.1) is 0 Å². The third-order valence-corrected chi connectivity index (χ3v) is 8.50. The number of hydrogen-bond donors (Lipinski definition) is 2. The van der Waals surface area contributed by atoms with E-state index in [9.17, 15) is 0 Å². The smallest absolute Gasteiger partial charge is 0.0619 e. The summed E-state index contributed by atoms with van der Waals surface area (Å²) in [5, 5.41) is 3.54. The number of ether oxygens (including phenoxy) is 1. The van der Waals surface area contributed by atoms with Crippen molar-refractivity contribution in [2.45, 2.75) is 38.6 Å². The molecule has 3 aliphatic heterocycles. The first kappa shape index (κ1) is 20.1. The summed E-state index contributed by atoms with van der Waals surface area (Å²) < 4.78 is 8.62. The van der Waals surface area contributed by atoms with Gasteiger partial charge in [0.2, 0.25) is 0 Å². The molecule has 0 bridgehead atoms. The summed E-state index contributed by atoms with van der Waals surface area (Å²) >= 11 is 5.42. The molecule has 3 fully saturated rings. The van der Waals surface area contributed by atoms with Crippen molar-refractivity contribution in [3.63, 3.8) is 0 Å². The maximum Gasteiger partial charge on any atom is 0.0619 e. The van der Waals surface area contributed by atoms with Crippen LogP contribution in [0.1, 0.15) is 32.6 Å². The highest BCUT2D eigenvalue weighted by molar-refractivity contribution is 8.27. The van der Waals surface area contributed by atoms with Gasteiger partial charge >= 0.3 is 0 Å². The van der Waals surface area contributed by atoms with Gasteiger partial charge in [-0.3, -0.25) is 4.90 Å². The Bertz CT molecular complexity index is 462. The predicted octanol–water partition coefficient (Wildman–Crippen LogP) is 0.743. The van der Waals surface area contributed by atoms with Crippen LogP contribution in [0.2, 0.25) is 0 Å². The molecule has 5 nitrogen and oxygen atoms in total. The maximum atomic E-state index is 6.21. The summed E-state index contributed by atoms with van der Waals surface area (Å²) in [6, 6.07) is 0.504. The Labute approximate surface area is 160 Å². The number of rotatable bonds is 7. The van der Waals surface area contributed by atoms with Gasteiger partial charge in [0.1, 0.15) is 0 Å². The third-order valence-electron chi connectivity index (χ3n) is 6.77. The Kier molecular flexibility index (Phi) is 6.91. The summed E-state index contributed by atoms with van der Waals surface area (Å²) in [4.78, 5) is 2.63. The van der Waals surface area contributed by atoms with Crippen molar-refractivity contribution >= 4 is 20.8 Å². The van der Waals surface area contributed by atoms with E-state index in [1.165, 1.54) is 39.0 Å². The summed E-state index contributed by atoms with van der Waals surface area (Å²) in [6.07, 6.45) is 7.04. The number of piperidine rings is 1. The van der Waals surface area contributed by atoms with Crippen LogP contribution in [0.25, 0.3) is 0 Å². The van der Waals surface area contributed by atoms with Gasteiger partial charge in [0.05, 0.1) is 13.2 Å². The van der Waals surface area contributed by atoms with Crippen LogP contribution in [0.3, 0.4) is 0 Å². The Morgan fingerprint density at radius 3 is 2.60 bits per heavy atom. The molecule has 3 heterocycles. The van der Waals surface area contributed by atoms with Crippen molar-refractivity contribution in [3.05, 3.63) is 0 Å². The van der Waals surface area contributed by atoms with Gasteiger partial charge in [-0.05, 0) is 62.3 Å². The second-order valence-electron chi connectivity index (χ2n) is 8.57. The molecule has 3 N–H and O–H groups in total. The molecule has 7 heteroatoms. The molecule has 0 radical (unpaired) electrons. The Hall–Kier alpha value is 0.370. The quantitative estimate of drug-likeness (QED) is 0.671. The normalized spacial score (nSPS) is 33.1.